The summed E-state index contributed by atoms with van der Waals surface area (Å²) in [6.07, 6.45) is 1.60. The number of carbonyl (C=O) groups excluding carboxylic acids is 1. The fourth-order valence-corrected chi connectivity index (χ4v) is 1.75. The monoisotopic (exact) mass is 307 g/mol. The van der Waals surface area contributed by atoms with Crippen LogP contribution < -0.4 is 5.32 Å². The Labute approximate surface area is 131 Å². The van der Waals surface area contributed by atoms with Gasteiger partial charge in [0.2, 0.25) is 0 Å². The van der Waals surface area contributed by atoms with Crippen LogP contribution in [0.2, 0.25) is 0 Å². The van der Waals surface area contributed by atoms with Gasteiger partial charge < -0.3 is 14.9 Å². The van der Waals surface area contributed by atoms with Crippen LogP contribution in [-0.2, 0) is 4.74 Å². The van der Waals surface area contributed by atoms with Gasteiger partial charge in [0.25, 0.3) is 0 Å². The maximum Gasteiger partial charge on any atom is 0.411 e. The summed E-state index contributed by atoms with van der Waals surface area (Å²) in [6.45, 7) is 5.22. The Morgan fingerprint density at radius 2 is 2.00 bits per heavy atom. The largest absolute Gasteiger partial charge is 0.445 e. The number of allylic oxidation sites excluding steroid dienone is 1. The number of ether oxygens (including phenoxy) is 1. The lowest BCUT2D eigenvalue weighted by Crippen LogP contribution is -2.35. The molecule has 5 heteroatoms. The van der Waals surface area contributed by atoms with Crippen LogP contribution in [0.5, 0.6) is 0 Å². The zero-order valence-electron chi connectivity index (χ0n) is 13.4. The van der Waals surface area contributed by atoms with Gasteiger partial charge in [-0.2, -0.15) is 0 Å². The summed E-state index contributed by atoms with van der Waals surface area (Å²) in [6, 6.07) is 9.08. The maximum absolute atomic E-state index is 11.6. The number of carbonyl (C=O) groups is 1. The van der Waals surface area contributed by atoms with Gasteiger partial charge in [0.15, 0.2) is 0 Å². The van der Waals surface area contributed by atoms with Crippen molar-refractivity contribution < 1.29 is 19.7 Å². The van der Waals surface area contributed by atoms with E-state index in [1.54, 1.807) is 32.1 Å². The lowest BCUT2D eigenvalue weighted by atomic mass is 9.96. The van der Waals surface area contributed by atoms with Crippen LogP contribution in [0.1, 0.15) is 33.6 Å². The molecule has 1 amide bonds. The molecule has 1 aromatic rings. The van der Waals surface area contributed by atoms with Gasteiger partial charge in [-0.05, 0) is 51.8 Å². The molecule has 5 nitrogen and oxygen atoms in total. The number of nitrogens with one attached hydrogen (secondary N) is 1. The third-order valence-electron chi connectivity index (χ3n) is 3.29. The Kier molecular flexibility index (Phi) is 7.08. The van der Waals surface area contributed by atoms with Crippen LogP contribution in [0.25, 0.3) is 0 Å². The lowest BCUT2D eigenvalue weighted by Gasteiger charge is -2.24. The summed E-state index contributed by atoms with van der Waals surface area (Å²) in [5, 5.41) is 22.0. The van der Waals surface area contributed by atoms with Crippen LogP contribution in [0.4, 0.5) is 10.5 Å². The average Bonchev–Trinajstić information content (AvgIpc) is 2.44. The van der Waals surface area contributed by atoms with E-state index in [1.165, 1.54) is 0 Å². The van der Waals surface area contributed by atoms with Crippen LogP contribution >= 0.6 is 0 Å². The Balaban J connectivity index is 2.28. The molecule has 1 aromatic carbocycles. The highest BCUT2D eigenvalue weighted by Crippen LogP contribution is 2.16. The number of hydrogen-bond donors (Lipinski definition) is 3. The molecular weight excluding hydrogens is 282 g/mol. The number of hydrogen-bond acceptors (Lipinski definition) is 4. The molecule has 0 aliphatic heterocycles. The Bertz CT molecular complexity index is 491. The van der Waals surface area contributed by atoms with Crippen LogP contribution in [0, 0.1) is 0 Å². The number of para-hydroxylation sites is 1. The predicted molar refractivity (Wildman–Crippen MR) is 86.7 cm³/mol. The minimum Gasteiger partial charge on any atom is -0.445 e. The number of aliphatic hydroxyl groups is 2. The van der Waals surface area contributed by atoms with Crippen molar-refractivity contribution in [2.24, 2.45) is 0 Å². The van der Waals surface area contributed by atoms with Crippen molar-refractivity contribution in [3.63, 3.8) is 0 Å². The predicted octanol–water partition coefficient (Wildman–Crippen LogP) is 3.09. The number of amides is 1. The second kappa shape index (κ2) is 8.56. The van der Waals surface area contributed by atoms with Gasteiger partial charge in [-0.1, -0.05) is 23.8 Å². The van der Waals surface area contributed by atoms with E-state index in [0.29, 0.717) is 18.5 Å². The quantitative estimate of drug-likeness (QED) is 0.676. The molecule has 22 heavy (non-hydrogen) atoms. The standard InChI is InChI=1S/C17H25NO4/c1-13(9-10-15(19)17(2,3)21)11-12-22-16(20)18-14-7-5-4-6-8-14/h4-8,11,15,19,21H,9-10,12H2,1-3H3,(H,18,20)/b13-11+. The van der Waals surface area contributed by atoms with Crippen molar-refractivity contribution in [3.8, 4) is 0 Å². The van der Waals surface area contributed by atoms with Gasteiger partial charge >= 0.3 is 6.09 Å². The third-order valence-corrected chi connectivity index (χ3v) is 3.29. The number of benzene rings is 1. The molecule has 1 rings (SSSR count). The van der Waals surface area contributed by atoms with Gasteiger partial charge in [0.05, 0.1) is 11.7 Å². The fraction of sp³-hybridized carbons (Fsp3) is 0.471. The van der Waals surface area contributed by atoms with Crippen LogP contribution in [-0.4, -0.2) is 34.6 Å². The van der Waals surface area contributed by atoms with Crippen molar-refractivity contribution in [3.05, 3.63) is 42.0 Å². The molecule has 0 aliphatic rings. The van der Waals surface area contributed by atoms with Gasteiger partial charge in [0.1, 0.15) is 6.61 Å². The van der Waals surface area contributed by atoms with Crippen molar-refractivity contribution in [2.75, 3.05) is 11.9 Å². The van der Waals surface area contributed by atoms with E-state index in [0.717, 1.165) is 5.57 Å². The Morgan fingerprint density at radius 3 is 2.59 bits per heavy atom. The number of aliphatic hydroxyl groups excluding tert-OH is 1. The molecule has 3 N–H and O–H groups in total. The average molecular weight is 307 g/mol. The van der Waals surface area contributed by atoms with Crippen molar-refractivity contribution >= 4 is 11.8 Å². The first kappa shape index (κ1) is 18.2. The molecule has 0 radical (unpaired) electrons. The fourth-order valence-electron chi connectivity index (χ4n) is 1.75. The summed E-state index contributed by atoms with van der Waals surface area (Å²) in [4.78, 5) is 11.6. The molecule has 1 atom stereocenters. The molecule has 0 heterocycles. The van der Waals surface area contributed by atoms with E-state index in [9.17, 15) is 15.0 Å². The molecule has 1 unspecified atom stereocenters. The van der Waals surface area contributed by atoms with E-state index in [-0.39, 0.29) is 6.61 Å². The zero-order chi connectivity index (χ0) is 16.6. The summed E-state index contributed by atoms with van der Waals surface area (Å²) >= 11 is 0. The maximum atomic E-state index is 11.6. The van der Waals surface area contributed by atoms with Crippen molar-refractivity contribution in [1.29, 1.82) is 0 Å². The van der Waals surface area contributed by atoms with Crippen LogP contribution in [0.15, 0.2) is 42.0 Å². The first-order chi connectivity index (χ1) is 10.3. The molecule has 0 fully saturated rings. The Hall–Kier alpha value is -1.85. The molecule has 0 aliphatic carbocycles. The van der Waals surface area contributed by atoms with Gasteiger partial charge in [-0.3, -0.25) is 5.32 Å². The highest BCUT2D eigenvalue weighted by molar-refractivity contribution is 5.84. The summed E-state index contributed by atoms with van der Waals surface area (Å²) < 4.78 is 5.05. The van der Waals surface area contributed by atoms with Gasteiger partial charge in [-0.25, -0.2) is 4.79 Å². The summed E-state index contributed by atoms with van der Waals surface area (Å²) in [5.41, 5.74) is 0.573. The van der Waals surface area contributed by atoms with Gasteiger partial charge in [-0.15, -0.1) is 0 Å². The molecule has 122 valence electrons. The topological polar surface area (TPSA) is 78.8 Å². The molecule has 0 saturated carbocycles. The SMILES string of the molecule is C/C(=C\COC(=O)Nc1ccccc1)CCC(O)C(C)(C)O. The van der Waals surface area contributed by atoms with Crippen molar-refractivity contribution in [1.82, 2.24) is 0 Å². The number of anilines is 1. The van der Waals surface area contributed by atoms with E-state index >= 15 is 0 Å². The Morgan fingerprint density at radius 1 is 1.36 bits per heavy atom. The lowest BCUT2D eigenvalue weighted by molar-refractivity contribution is -0.0509. The first-order valence-electron chi connectivity index (χ1n) is 7.34. The highest BCUT2D eigenvalue weighted by atomic mass is 16.5. The molecule has 0 aromatic heterocycles. The molecule has 0 bridgehead atoms. The van der Waals surface area contributed by atoms with Crippen molar-refractivity contribution in [2.45, 2.75) is 45.3 Å². The minimum atomic E-state index is -1.10. The first-order valence-corrected chi connectivity index (χ1v) is 7.34. The normalized spacial score (nSPS) is 13.6. The highest BCUT2D eigenvalue weighted by Gasteiger charge is 2.23. The molecule has 0 spiro atoms. The van der Waals surface area contributed by atoms with Crippen LogP contribution in [0.3, 0.4) is 0 Å². The number of rotatable bonds is 7. The minimum absolute atomic E-state index is 0.170. The van der Waals surface area contributed by atoms with E-state index in [4.69, 9.17) is 4.74 Å². The van der Waals surface area contributed by atoms with E-state index in [2.05, 4.69) is 5.32 Å². The summed E-state index contributed by atoms with van der Waals surface area (Å²) in [7, 11) is 0. The zero-order valence-corrected chi connectivity index (χ0v) is 13.4. The second-order valence-electron chi connectivity index (χ2n) is 5.85. The second-order valence-corrected chi connectivity index (χ2v) is 5.85. The third kappa shape index (κ3) is 7.24. The van der Waals surface area contributed by atoms with E-state index in [1.807, 2.05) is 25.1 Å². The smallest absolute Gasteiger partial charge is 0.411 e. The summed E-state index contributed by atoms with van der Waals surface area (Å²) in [5.74, 6) is 0. The molecule has 0 saturated heterocycles. The molecular formula is C17H25NO4. The van der Waals surface area contributed by atoms with E-state index < -0.39 is 17.8 Å². The van der Waals surface area contributed by atoms with Gasteiger partial charge in [0, 0.05) is 5.69 Å².